The van der Waals surface area contributed by atoms with Crippen molar-refractivity contribution in [2.45, 2.75) is 0 Å². The third kappa shape index (κ3) is 2.40. The lowest BCUT2D eigenvalue weighted by Crippen LogP contribution is -2.32. The van der Waals surface area contributed by atoms with Crippen molar-refractivity contribution < 1.29 is 4.57 Å². The van der Waals surface area contributed by atoms with Crippen molar-refractivity contribution in [2.75, 3.05) is 0 Å². The monoisotopic (exact) mass is 363 g/mol. The minimum Gasteiger partial charge on any atom is -0.250 e. The molecule has 3 aromatic heterocycles. The summed E-state index contributed by atoms with van der Waals surface area (Å²) >= 11 is 7.74. The normalized spacial score (nSPS) is 11.4. The van der Waals surface area contributed by atoms with Crippen LogP contribution in [0.1, 0.15) is 0 Å². The standard InChI is InChI=1S/C19H11ClN4S/c20-12-7-9-13(10-8-12)24-18(16-6-3-11-25-16)23-17-19(24)22-15-5-2-1-4-14(15)21-17/h1-11H/p+1. The molecule has 0 spiro atoms. The zero-order valence-corrected chi connectivity index (χ0v) is 14.6. The molecule has 2 aromatic carbocycles. The van der Waals surface area contributed by atoms with Crippen LogP contribution < -0.4 is 4.57 Å². The molecule has 0 aliphatic rings. The van der Waals surface area contributed by atoms with Crippen molar-refractivity contribution in [3.05, 3.63) is 71.1 Å². The molecule has 25 heavy (non-hydrogen) atoms. The van der Waals surface area contributed by atoms with Crippen molar-refractivity contribution in [1.29, 1.82) is 0 Å². The second-order valence-corrected chi connectivity index (χ2v) is 7.03. The summed E-state index contributed by atoms with van der Waals surface area (Å²) in [7, 11) is 0. The Morgan fingerprint density at radius 1 is 0.880 bits per heavy atom. The van der Waals surface area contributed by atoms with Crippen LogP contribution in [0.5, 0.6) is 0 Å². The fraction of sp³-hybridized carbons (Fsp3) is 0. The van der Waals surface area contributed by atoms with E-state index in [1.165, 1.54) is 0 Å². The number of thiophene rings is 1. The highest BCUT2D eigenvalue weighted by molar-refractivity contribution is 7.13. The number of halogens is 1. The molecule has 0 unspecified atom stereocenters. The maximum atomic E-state index is 6.07. The van der Waals surface area contributed by atoms with Crippen LogP contribution >= 0.6 is 22.9 Å². The van der Waals surface area contributed by atoms with E-state index in [9.17, 15) is 0 Å². The number of aromatic amines is 1. The van der Waals surface area contributed by atoms with Gasteiger partial charge in [-0.25, -0.2) is 9.97 Å². The Balaban J connectivity index is 1.89. The lowest BCUT2D eigenvalue weighted by molar-refractivity contribution is -0.556. The van der Waals surface area contributed by atoms with Crippen LogP contribution in [0.4, 0.5) is 0 Å². The van der Waals surface area contributed by atoms with Gasteiger partial charge >= 0.3 is 5.65 Å². The summed E-state index contributed by atoms with van der Waals surface area (Å²) < 4.78 is 2.09. The van der Waals surface area contributed by atoms with E-state index in [0.29, 0.717) is 5.02 Å². The van der Waals surface area contributed by atoms with E-state index in [-0.39, 0.29) is 0 Å². The number of aromatic nitrogens is 4. The number of hydrogen-bond donors (Lipinski definition) is 1. The number of benzene rings is 2. The molecule has 3 heterocycles. The van der Waals surface area contributed by atoms with Gasteiger partial charge in [-0.1, -0.05) is 34.8 Å². The van der Waals surface area contributed by atoms with Gasteiger partial charge in [-0.3, -0.25) is 0 Å². The maximum Gasteiger partial charge on any atom is 0.328 e. The Kier molecular flexibility index (Phi) is 3.29. The van der Waals surface area contributed by atoms with Crippen LogP contribution in [0.25, 0.3) is 38.7 Å². The Hall–Kier alpha value is -2.76. The molecule has 5 rings (SSSR count). The summed E-state index contributed by atoms with van der Waals surface area (Å²) in [6.45, 7) is 0. The van der Waals surface area contributed by atoms with Crippen LogP contribution in [-0.2, 0) is 0 Å². The van der Waals surface area contributed by atoms with E-state index in [0.717, 1.165) is 38.7 Å². The highest BCUT2D eigenvalue weighted by atomic mass is 35.5. The van der Waals surface area contributed by atoms with Crippen LogP contribution in [-0.4, -0.2) is 15.0 Å². The van der Waals surface area contributed by atoms with Gasteiger partial charge in [0, 0.05) is 5.02 Å². The number of imidazole rings is 1. The first-order valence-electron chi connectivity index (χ1n) is 7.80. The Labute approximate surface area is 152 Å². The lowest BCUT2D eigenvalue weighted by atomic mass is 10.3. The number of para-hydroxylation sites is 2. The summed E-state index contributed by atoms with van der Waals surface area (Å²) in [5.41, 5.74) is 4.29. The summed E-state index contributed by atoms with van der Waals surface area (Å²) in [5, 5.41) is 2.77. The van der Waals surface area contributed by atoms with Crippen LogP contribution in [0.15, 0.2) is 66.0 Å². The van der Waals surface area contributed by atoms with Crippen LogP contribution in [0.2, 0.25) is 5.02 Å². The minimum absolute atomic E-state index is 0.707. The molecule has 0 aliphatic carbocycles. The van der Waals surface area contributed by atoms with Gasteiger partial charge in [0.15, 0.2) is 5.52 Å². The highest BCUT2D eigenvalue weighted by Crippen LogP contribution is 2.25. The first-order valence-corrected chi connectivity index (χ1v) is 9.06. The number of H-pyrrole nitrogens is 1. The van der Waals surface area contributed by atoms with E-state index < -0.39 is 0 Å². The topological polar surface area (TPSA) is 45.5 Å². The number of nitrogens with zero attached hydrogens (tertiary/aromatic N) is 3. The Bertz CT molecular complexity index is 1190. The highest BCUT2D eigenvalue weighted by Gasteiger charge is 2.24. The third-order valence-corrected chi connectivity index (χ3v) is 5.19. The third-order valence-electron chi connectivity index (χ3n) is 4.06. The number of hydrogen-bond acceptors (Lipinski definition) is 3. The van der Waals surface area contributed by atoms with Gasteiger partial charge in [0.25, 0.3) is 11.5 Å². The van der Waals surface area contributed by atoms with Crippen molar-refractivity contribution in [1.82, 2.24) is 15.0 Å². The predicted molar refractivity (Wildman–Crippen MR) is 101 cm³/mol. The average Bonchev–Trinajstić information content (AvgIpc) is 3.28. The molecule has 0 saturated carbocycles. The molecule has 1 N–H and O–H groups in total. The van der Waals surface area contributed by atoms with E-state index >= 15 is 0 Å². The van der Waals surface area contributed by atoms with Crippen LogP contribution in [0, 0.1) is 0 Å². The zero-order valence-electron chi connectivity index (χ0n) is 13.0. The quantitative estimate of drug-likeness (QED) is 0.459. The second kappa shape index (κ2) is 5.65. The molecule has 0 saturated heterocycles. The van der Waals surface area contributed by atoms with Crippen molar-refractivity contribution in [2.24, 2.45) is 0 Å². The molecule has 0 radical (unpaired) electrons. The van der Waals surface area contributed by atoms with Crippen molar-refractivity contribution in [3.63, 3.8) is 0 Å². The fourth-order valence-corrected chi connectivity index (χ4v) is 3.77. The Morgan fingerprint density at radius 3 is 2.36 bits per heavy atom. The molecule has 0 bridgehead atoms. The lowest BCUT2D eigenvalue weighted by Gasteiger charge is -2.01. The summed E-state index contributed by atoms with van der Waals surface area (Å²) in [5.74, 6) is 0.961. The summed E-state index contributed by atoms with van der Waals surface area (Å²) in [6.07, 6.45) is 0. The molecule has 120 valence electrons. The number of rotatable bonds is 2. The molecule has 0 aliphatic heterocycles. The van der Waals surface area contributed by atoms with Crippen molar-refractivity contribution >= 4 is 45.3 Å². The fourth-order valence-electron chi connectivity index (χ4n) is 2.93. The molecule has 5 aromatic rings. The number of nitrogens with one attached hydrogen (secondary N) is 1. The molecule has 4 nitrogen and oxygen atoms in total. The zero-order chi connectivity index (χ0) is 16.8. The Morgan fingerprint density at radius 2 is 1.64 bits per heavy atom. The molecule has 0 atom stereocenters. The molecule has 6 heteroatoms. The summed E-state index contributed by atoms with van der Waals surface area (Å²) in [4.78, 5) is 14.2. The smallest absolute Gasteiger partial charge is 0.250 e. The molecule has 0 amide bonds. The van der Waals surface area contributed by atoms with Gasteiger partial charge in [-0.15, -0.1) is 11.3 Å². The minimum atomic E-state index is 0.707. The van der Waals surface area contributed by atoms with Gasteiger partial charge in [-0.2, -0.15) is 4.57 Å². The van der Waals surface area contributed by atoms with E-state index in [2.05, 4.69) is 21.0 Å². The molecule has 0 fully saturated rings. The first-order chi connectivity index (χ1) is 12.3. The number of fused-ring (bicyclic) bond motifs is 2. The predicted octanol–water partition coefficient (Wildman–Crippen LogP) is 4.77. The van der Waals surface area contributed by atoms with E-state index in [1.54, 1.807) is 11.3 Å². The van der Waals surface area contributed by atoms with Gasteiger partial charge < -0.3 is 0 Å². The second-order valence-electron chi connectivity index (χ2n) is 5.65. The SMILES string of the molecule is Clc1ccc(-[n+]2c(-c3cccs3)[nH]c3nc4ccccc4nc32)cc1. The van der Waals surface area contributed by atoms with Gasteiger partial charge in [-0.05, 0) is 47.8 Å². The van der Waals surface area contributed by atoms with Gasteiger partial charge in [0.05, 0.1) is 0 Å². The summed E-state index contributed by atoms with van der Waals surface area (Å²) in [6, 6.07) is 19.8. The van der Waals surface area contributed by atoms with Crippen molar-refractivity contribution in [3.8, 4) is 16.4 Å². The molecular formula is C19H12ClN4S+. The van der Waals surface area contributed by atoms with E-state index in [1.807, 2.05) is 54.6 Å². The average molecular weight is 364 g/mol. The first kappa shape index (κ1) is 14.6. The van der Waals surface area contributed by atoms with Gasteiger partial charge in [0.1, 0.15) is 16.1 Å². The maximum absolute atomic E-state index is 6.07. The van der Waals surface area contributed by atoms with Crippen LogP contribution in [0.3, 0.4) is 0 Å². The molecular weight excluding hydrogens is 352 g/mol. The van der Waals surface area contributed by atoms with E-state index in [4.69, 9.17) is 21.6 Å². The largest absolute Gasteiger partial charge is 0.328 e. The van der Waals surface area contributed by atoms with Gasteiger partial charge in [0.2, 0.25) is 0 Å².